The number of benzene rings is 1. The molecule has 0 saturated carbocycles. The molecule has 25 heavy (non-hydrogen) atoms. The summed E-state index contributed by atoms with van der Waals surface area (Å²) < 4.78 is 6.63. The average Bonchev–Trinajstić information content (AvgIpc) is 2.62. The molecule has 3 aromatic rings. The number of rotatable bonds is 6. The van der Waals surface area contributed by atoms with Crippen LogP contribution in [0.3, 0.4) is 0 Å². The Kier molecular flexibility index (Phi) is 4.71. The predicted molar refractivity (Wildman–Crippen MR) is 94.0 cm³/mol. The Labute approximate surface area is 143 Å². The molecular weight excluding hydrogens is 322 g/mol. The number of amides is 1. The van der Waals surface area contributed by atoms with Gasteiger partial charge in [0.15, 0.2) is 5.65 Å². The second-order valence-electron chi connectivity index (χ2n) is 5.29. The third-order valence-corrected chi connectivity index (χ3v) is 3.63. The molecule has 3 N–H and O–H groups in total. The lowest BCUT2D eigenvalue weighted by molar-refractivity contribution is 0.0999. The maximum absolute atomic E-state index is 12.5. The summed E-state index contributed by atoms with van der Waals surface area (Å²) in [6, 6.07) is 9.25. The second-order valence-corrected chi connectivity index (χ2v) is 5.29. The van der Waals surface area contributed by atoms with E-state index in [1.54, 1.807) is 11.7 Å². The number of fused-ring (bicyclic) bond motifs is 1. The number of primary amides is 1. The van der Waals surface area contributed by atoms with Crippen LogP contribution in [0.5, 0.6) is 0 Å². The monoisotopic (exact) mass is 339 g/mol. The highest BCUT2D eigenvalue weighted by atomic mass is 16.5. The van der Waals surface area contributed by atoms with Crippen LogP contribution >= 0.6 is 0 Å². The first-order valence-corrected chi connectivity index (χ1v) is 7.62. The van der Waals surface area contributed by atoms with Crippen molar-refractivity contribution < 1.29 is 9.53 Å². The van der Waals surface area contributed by atoms with E-state index in [4.69, 9.17) is 10.5 Å². The van der Waals surface area contributed by atoms with Crippen LogP contribution in [0.4, 0.5) is 5.95 Å². The maximum Gasteiger partial charge on any atom is 0.254 e. The molecule has 0 aliphatic rings. The molecule has 0 unspecified atom stereocenters. The van der Waals surface area contributed by atoms with Crippen LogP contribution in [0.2, 0.25) is 0 Å². The summed E-state index contributed by atoms with van der Waals surface area (Å²) in [6.45, 7) is 1.02. The van der Waals surface area contributed by atoms with Gasteiger partial charge in [0.05, 0.1) is 12.0 Å². The highest BCUT2D eigenvalue weighted by Gasteiger charge is 2.16. The average molecular weight is 339 g/mol. The Bertz CT molecular complexity index is 969. The number of nitrogens with zero attached hydrogens (tertiary/aromatic N) is 3. The first-order valence-electron chi connectivity index (χ1n) is 7.62. The number of nitrogens with two attached hydrogens (primary N) is 1. The molecule has 0 bridgehead atoms. The number of ether oxygens (including phenoxy) is 1. The van der Waals surface area contributed by atoms with E-state index in [1.807, 2.05) is 30.3 Å². The summed E-state index contributed by atoms with van der Waals surface area (Å²) in [7, 11) is 1.60. The number of carbonyl (C=O) groups is 1. The number of aromatic nitrogens is 3. The quantitative estimate of drug-likeness (QED) is 0.646. The van der Waals surface area contributed by atoms with Crippen molar-refractivity contribution in [1.82, 2.24) is 14.5 Å². The van der Waals surface area contributed by atoms with Gasteiger partial charge in [-0.3, -0.25) is 9.59 Å². The number of hydrogen-bond donors (Lipinski definition) is 2. The molecule has 2 aromatic heterocycles. The molecule has 8 nitrogen and oxygen atoms in total. The minimum absolute atomic E-state index is 0.111. The van der Waals surface area contributed by atoms with E-state index in [0.717, 1.165) is 5.69 Å². The molecule has 0 radical (unpaired) electrons. The van der Waals surface area contributed by atoms with Crippen LogP contribution in [0.1, 0.15) is 10.4 Å². The van der Waals surface area contributed by atoms with Crippen LogP contribution in [-0.2, 0) is 4.74 Å². The van der Waals surface area contributed by atoms with Crippen molar-refractivity contribution in [1.29, 1.82) is 0 Å². The zero-order valence-electron chi connectivity index (χ0n) is 13.6. The Morgan fingerprint density at radius 2 is 2.08 bits per heavy atom. The van der Waals surface area contributed by atoms with Gasteiger partial charge in [-0.25, -0.2) is 4.98 Å². The van der Waals surface area contributed by atoms with Gasteiger partial charge in [-0.2, -0.15) is 4.98 Å². The first-order chi connectivity index (χ1) is 12.1. The SMILES string of the molecule is COCCNc1ncc2c(=O)c(C(N)=O)cn(-c3ccccc3)c2n1. The van der Waals surface area contributed by atoms with Gasteiger partial charge in [-0.15, -0.1) is 0 Å². The standard InChI is InChI=1S/C17H17N5O3/c1-25-8-7-19-17-20-9-12-14(23)13(15(18)24)10-22(16(12)21-17)11-5-3-2-4-6-11/h2-6,9-10H,7-8H2,1H3,(H2,18,24)(H,19,20,21). The summed E-state index contributed by atoms with van der Waals surface area (Å²) in [5, 5.41) is 3.24. The van der Waals surface area contributed by atoms with Crippen LogP contribution in [0, 0.1) is 0 Å². The summed E-state index contributed by atoms with van der Waals surface area (Å²) in [6.07, 6.45) is 2.81. The minimum Gasteiger partial charge on any atom is -0.383 e. The Balaban J connectivity index is 2.22. The van der Waals surface area contributed by atoms with Crippen LogP contribution in [0.25, 0.3) is 16.7 Å². The third kappa shape index (κ3) is 3.33. The van der Waals surface area contributed by atoms with Gasteiger partial charge in [-0.1, -0.05) is 18.2 Å². The van der Waals surface area contributed by atoms with Gasteiger partial charge >= 0.3 is 0 Å². The second kappa shape index (κ2) is 7.10. The molecule has 0 spiro atoms. The highest BCUT2D eigenvalue weighted by Crippen LogP contribution is 2.16. The number of methoxy groups -OCH3 is 1. The molecule has 1 aromatic carbocycles. The smallest absolute Gasteiger partial charge is 0.254 e. The zero-order chi connectivity index (χ0) is 17.8. The zero-order valence-corrected chi connectivity index (χ0v) is 13.6. The maximum atomic E-state index is 12.5. The van der Waals surface area contributed by atoms with Gasteiger partial charge in [0.25, 0.3) is 5.91 Å². The fourth-order valence-corrected chi connectivity index (χ4v) is 2.42. The van der Waals surface area contributed by atoms with E-state index in [9.17, 15) is 9.59 Å². The van der Waals surface area contributed by atoms with Crippen LogP contribution < -0.4 is 16.5 Å². The summed E-state index contributed by atoms with van der Waals surface area (Å²) in [4.78, 5) is 32.7. The van der Waals surface area contributed by atoms with Gasteiger partial charge < -0.3 is 20.4 Å². The highest BCUT2D eigenvalue weighted by molar-refractivity contribution is 5.96. The summed E-state index contributed by atoms with van der Waals surface area (Å²) in [5.74, 6) is -0.431. The van der Waals surface area contributed by atoms with Crippen LogP contribution in [0.15, 0.2) is 47.5 Å². The predicted octanol–water partition coefficient (Wildman–Crippen LogP) is 0.938. The third-order valence-electron chi connectivity index (χ3n) is 3.63. The number of nitrogens with one attached hydrogen (secondary N) is 1. The van der Waals surface area contributed by atoms with E-state index in [-0.39, 0.29) is 10.9 Å². The van der Waals surface area contributed by atoms with Gasteiger partial charge in [0.1, 0.15) is 5.56 Å². The molecule has 3 rings (SSSR count). The number of pyridine rings is 1. The molecule has 0 atom stereocenters. The Morgan fingerprint density at radius 3 is 2.76 bits per heavy atom. The van der Waals surface area contributed by atoms with Gasteiger partial charge in [0.2, 0.25) is 11.4 Å². The number of hydrogen-bond acceptors (Lipinski definition) is 6. The van der Waals surface area contributed by atoms with Crippen molar-refractivity contribution in [2.75, 3.05) is 25.6 Å². The van der Waals surface area contributed by atoms with Crippen molar-refractivity contribution in [2.24, 2.45) is 5.73 Å². The molecule has 2 heterocycles. The molecule has 8 heteroatoms. The van der Waals surface area contributed by atoms with Crippen molar-refractivity contribution in [3.05, 3.63) is 58.5 Å². The lowest BCUT2D eigenvalue weighted by atomic mass is 10.2. The van der Waals surface area contributed by atoms with Crippen molar-refractivity contribution in [3.63, 3.8) is 0 Å². The lowest BCUT2D eigenvalue weighted by Crippen LogP contribution is -2.24. The molecular formula is C17H17N5O3. The molecule has 0 aliphatic heterocycles. The van der Waals surface area contributed by atoms with E-state index in [2.05, 4.69) is 15.3 Å². The molecule has 1 amide bonds. The normalized spacial score (nSPS) is 10.8. The van der Waals surface area contributed by atoms with E-state index in [1.165, 1.54) is 12.4 Å². The number of anilines is 1. The van der Waals surface area contributed by atoms with Crippen molar-refractivity contribution in [2.45, 2.75) is 0 Å². The van der Waals surface area contributed by atoms with Crippen LogP contribution in [-0.4, -0.2) is 40.7 Å². The molecule has 0 aliphatic carbocycles. The fraction of sp³-hybridized carbons (Fsp3) is 0.176. The minimum atomic E-state index is -0.793. The molecule has 0 saturated heterocycles. The van der Waals surface area contributed by atoms with E-state index >= 15 is 0 Å². The fourth-order valence-electron chi connectivity index (χ4n) is 2.42. The number of para-hydroxylation sites is 1. The lowest BCUT2D eigenvalue weighted by Gasteiger charge is -2.13. The van der Waals surface area contributed by atoms with Crippen molar-refractivity contribution >= 4 is 22.9 Å². The number of carbonyl (C=O) groups excluding carboxylic acids is 1. The van der Waals surface area contributed by atoms with Gasteiger partial charge in [0, 0.05) is 31.7 Å². The first kappa shape index (κ1) is 16.6. The topological polar surface area (TPSA) is 112 Å². The summed E-state index contributed by atoms with van der Waals surface area (Å²) in [5.41, 5.74) is 5.88. The van der Waals surface area contributed by atoms with E-state index in [0.29, 0.717) is 24.7 Å². The van der Waals surface area contributed by atoms with E-state index < -0.39 is 11.3 Å². The summed E-state index contributed by atoms with van der Waals surface area (Å²) >= 11 is 0. The largest absolute Gasteiger partial charge is 0.383 e. The Morgan fingerprint density at radius 1 is 1.32 bits per heavy atom. The van der Waals surface area contributed by atoms with Gasteiger partial charge in [-0.05, 0) is 12.1 Å². The molecule has 0 fully saturated rings. The van der Waals surface area contributed by atoms with Crippen molar-refractivity contribution in [3.8, 4) is 5.69 Å². The molecule has 128 valence electrons. The Hall–Kier alpha value is -3.26.